The summed E-state index contributed by atoms with van der Waals surface area (Å²) in [6, 6.07) is 15.9. The molecule has 176 valence electrons. The van der Waals surface area contributed by atoms with Gasteiger partial charge in [0.1, 0.15) is 5.25 Å². The van der Waals surface area contributed by atoms with Crippen LogP contribution >= 0.6 is 11.8 Å². The van der Waals surface area contributed by atoms with E-state index < -0.39 is 29.5 Å². The van der Waals surface area contributed by atoms with Gasteiger partial charge in [-0.3, -0.25) is 9.59 Å². The molecule has 10 heteroatoms. The molecule has 2 N–H and O–H groups in total. The van der Waals surface area contributed by atoms with E-state index in [0.717, 1.165) is 33.9 Å². The lowest BCUT2D eigenvalue weighted by atomic mass is 9.78. The molecule has 2 aromatic rings. The zero-order valence-corrected chi connectivity index (χ0v) is 20.3. The van der Waals surface area contributed by atoms with E-state index in [1.165, 1.54) is 0 Å². The van der Waals surface area contributed by atoms with Crippen LogP contribution in [0.2, 0.25) is 0 Å². The minimum Gasteiger partial charge on any atom is -0.481 e. The highest BCUT2D eigenvalue weighted by molar-refractivity contribution is 8.15. The Hall–Kier alpha value is -2.95. The summed E-state index contributed by atoms with van der Waals surface area (Å²) in [5.41, 5.74) is 3.10. The van der Waals surface area contributed by atoms with E-state index in [4.69, 9.17) is 14.4 Å². The van der Waals surface area contributed by atoms with Crippen molar-refractivity contribution < 1.29 is 24.0 Å². The van der Waals surface area contributed by atoms with Crippen molar-refractivity contribution in [3.63, 3.8) is 0 Å². The lowest BCUT2D eigenvalue weighted by Gasteiger charge is -2.32. The molecular formula is C24H26BN3O5S. The molecule has 0 spiro atoms. The molecule has 0 radical (unpaired) electrons. The van der Waals surface area contributed by atoms with E-state index in [1.807, 2.05) is 70.2 Å². The summed E-state index contributed by atoms with van der Waals surface area (Å²) >= 11 is 1.07. The SMILES string of the molecule is CC1(C)OB(c2cccc(-c3ccc(C=NN=C4NC(=O)C(CC(=O)O)S4)cc3)c2)OC1(C)C. The van der Waals surface area contributed by atoms with Crippen molar-refractivity contribution in [2.24, 2.45) is 10.2 Å². The third kappa shape index (κ3) is 5.24. The predicted octanol–water partition coefficient (Wildman–Crippen LogP) is 3.05. The summed E-state index contributed by atoms with van der Waals surface area (Å²) in [5.74, 6) is -1.40. The molecule has 0 aromatic heterocycles. The molecule has 0 bridgehead atoms. The van der Waals surface area contributed by atoms with Crippen molar-refractivity contribution in [3.8, 4) is 11.1 Å². The Balaban J connectivity index is 1.42. The lowest BCUT2D eigenvalue weighted by Crippen LogP contribution is -2.41. The zero-order chi connectivity index (χ0) is 24.5. The molecule has 1 unspecified atom stereocenters. The van der Waals surface area contributed by atoms with E-state index in [2.05, 4.69) is 21.6 Å². The first-order chi connectivity index (χ1) is 16.0. The number of benzene rings is 2. The molecule has 2 aromatic carbocycles. The van der Waals surface area contributed by atoms with Gasteiger partial charge in [0.05, 0.1) is 23.8 Å². The quantitative estimate of drug-likeness (QED) is 0.375. The first-order valence-electron chi connectivity index (χ1n) is 10.9. The first kappa shape index (κ1) is 24.2. The van der Waals surface area contributed by atoms with Gasteiger partial charge in [-0.2, -0.15) is 5.10 Å². The molecular weight excluding hydrogens is 453 g/mol. The molecule has 2 heterocycles. The highest BCUT2D eigenvalue weighted by atomic mass is 32.2. The first-order valence-corrected chi connectivity index (χ1v) is 11.8. The maximum Gasteiger partial charge on any atom is 0.494 e. The van der Waals surface area contributed by atoms with Crippen molar-refractivity contribution in [2.45, 2.75) is 50.6 Å². The second-order valence-electron chi connectivity index (χ2n) is 9.18. The van der Waals surface area contributed by atoms with Gasteiger partial charge in [0, 0.05) is 0 Å². The Morgan fingerprint density at radius 1 is 1.12 bits per heavy atom. The van der Waals surface area contributed by atoms with Crippen LogP contribution in [-0.4, -0.2) is 51.9 Å². The Morgan fingerprint density at radius 2 is 1.79 bits per heavy atom. The van der Waals surface area contributed by atoms with Gasteiger partial charge >= 0.3 is 13.1 Å². The summed E-state index contributed by atoms with van der Waals surface area (Å²) < 4.78 is 12.3. The Morgan fingerprint density at radius 3 is 2.44 bits per heavy atom. The second-order valence-corrected chi connectivity index (χ2v) is 10.4. The number of amides is 1. The predicted molar refractivity (Wildman–Crippen MR) is 134 cm³/mol. The molecule has 1 atom stereocenters. The number of nitrogens with zero attached hydrogens (tertiary/aromatic N) is 2. The molecule has 2 saturated heterocycles. The number of amidine groups is 1. The minimum absolute atomic E-state index is 0.254. The summed E-state index contributed by atoms with van der Waals surface area (Å²) in [6.07, 6.45) is 1.32. The van der Waals surface area contributed by atoms with Crippen LogP contribution in [0.25, 0.3) is 11.1 Å². The van der Waals surface area contributed by atoms with Gasteiger partial charge in [0.15, 0.2) is 5.17 Å². The fourth-order valence-electron chi connectivity index (χ4n) is 3.50. The van der Waals surface area contributed by atoms with E-state index in [9.17, 15) is 9.59 Å². The largest absolute Gasteiger partial charge is 0.494 e. The fraction of sp³-hybridized carbons (Fsp3) is 0.333. The number of carbonyl (C=O) groups is 2. The molecule has 1 amide bonds. The van der Waals surface area contributed by atoms with Crippen LogP contribution in [0.1, 0.15) is 39.7 Å². The summed E-state index contributed by atoms with van der Waals surface area (Å²) in [5, 5.41) is 19.0. The van der Waals surface area contributed by atoms with Gasteiger partial charge < -0.3 is 19.7 Å². The van der Waals surface area contributed by atoms with E-state index in [-0.39, 0.29) is 12.3 Å². The maximum atomic E-state index is 11.8. The van der Waals surface area contributed by atoms with Crippen LogP contribution in [0.4, 0.5) is 0 Å². The normalized spacial score (nSPS) is 22.5. The monoisotopic (exact) mass is 479 g/mol. The van der Waals surface area contributed by atoms with Crippen LogP contribution in [0.3, 0.4) is 0 Å². The molecule has 8 nitrogen and oxygen atoms in total. The Labute approximate surface area is 203 Å². The second kappa shape index (κ2) is 9.36. The molecule has 0 saturated carbocycles. The number of thioether (sulfide) groups is 1. The van der Waals surface area contributed by atoms with Gasteiger partial charge in [-0.1, -0.05) is 60.3 Å². The van der Waals surface area contributed by atoms with Crippen molar-refractivity contribution >= 4 is 47.6 Å². The van der Waals surface area contributed by atoms with Crippen molar-refractivity contribution in [3.05, 3.63) is 54.1 Å². The summed E-state index contributed by atoms with van der Waals surface area (Å²) in [7, 11) is -0.417. The average Bonchev–Trinajstić information content (AvgIpc) is 3.22. The number of hydrogen-bond donors (Lipinski definition) is 2. The number of aliphatic carboxylic acids is 1. The molecule has 34 heavy (non-hydrogen) atoms. The smallest absolute Gasteiger partial charge is 0.481 e. The van der Waals surface area contributed by atoms with Crippen molar-refractivity contribution in [1.29, 1.82) is 0 Å². The van der Waals surface area contributed by atoms with Gasteiger partial charge in [-0.15, -0.1) is 5.10 Å². The van der Waals surface area contributed by atoms with E-state index in [0.29, 0.717) is 5.17 Å². The summed E-state index contributed by atoms with van der Waals surface area (Å²) in [6.45, 7) is 8.15. The third-order valence-corrected chi connectivity index (χ3v) is 7.22. The number of carboxylic acids is 1. The van der Waals surface area contributed by atoms with Crippen LogP contribution in [-0.2, 0) is 18.9 Å². The number of hydrogen-bond acceptors (Lipinski definition) is 7. The van der Waals surface area contributed by atoms with Gasteiger partial charge in [-0.25, -0.2) is 0 Å². The minimum atomic E-state index is -1.03. The topological polar surface area (TPSA) is 110 Å². The number of carbonyl (C=O) groups excluding carboxylic acids is 1. The fourth-order valence-corrected chi connectivity index (χ4v) is 4.41. The molecule has 2 aliphatic rings. The van der Waals surface area contributed by atoms with Crippen molar-refractivity contribution in [1.82, 2.24) is 5.32 Å². The zero-order valence-electron chi connectivity index (χ0n) is 19.4. The van der Waals surface area contributed by atoms with Crippen molar-refractivity contribution in [2.75, 3.05) is 0 Å². The Bertz CT molecular complexity index is 1150. The van der Waals surface area contributed by atoms with Crippen LogP contribution in [0, 0.1) is 0 Å². The Kier molecular flexibility index (Phi) is 6.66. The van der Waals surface area contributed by atoms with Gasteiger partial charge in [-0.05, 0) is 49.8 Å². The number of carboxylic acid groups (broad SMARTS) is 1. The van der Waals surface area contributed by atoms with Crippen LogP contribution < -0.4 is 10.8 Å². The lowest BCUT2D eigenvalue weighted by molar-refractivity contribution is -0.138. The highest BCUT2D eigenvalue weighted by Gasteiger charge is 2.51. The average molecular weight is 479 g/mol. The van der Waals surface area contributed by atoms with Crippen LogP contribution in [0.5, 0.6) is 0 Å². The van der Waals surface area contributed by atoms with Gasteiger partial charge in [0.25, 0.3) is 0 Å². The molecule has 0 aliphatic carbocycles. The standard InChI is InChI=1S/C24H26BN3O5S/c1-23(2)24(3,4)33-25(32-23)18-7-5-6-17(12-18)16-10-8-15(9-11-16)14-26-28-22-27-21(31)19(34-22)13-20(29)30/h5-12,14,19H,13H2,1-4H3,(H,29,30)(H,27,28,31). The number of nitrogens with one attached hydrogen (secondary N) is 1. The van der Waals surface area contributed by atoms with Gasteiger partial charge in [0.2, 0.25) is 5.91 Å². The molecule has 2 fully saturated rings. The van der Waals surface area contributed by atoms with E-state index in [1.54, 1.807) is 6.21 Å². The number of rotatable bonds is 6. The van der Waals surface area contributed by atoms with Crippen LogP contribution in [0.15, 0.2) is 58.7 Å². The summed E-state index contributed by atoms with van der Waals surface area (Å²) in [4.78, 5) is 22.6. The van der Waals surface area contributed by atoms with E-state index >= 15 is 0 Å². The molecule has 2 aliphatic heterocycles. The third-order valence-electron chi connectivity index (χ3n) is 6.15. The molecule has 4 rings (SSSR count). The maximum absolute atomic E-state index is 11.8. The highest BCUT2D eigenvalue weighted by Crippen LogP contribution is 2.36.